The maximum Gasteiger partial charge on any atom is 0.105 e. The number of nitrogens with two attached hydrogens (primary N) is 1. The number of piperidine rings is 1. The topological polar surface area (TPSA) is 29.3 Å². The van der Waals surface area contributed by atoms with Crippen LogP contribution in [0.4, 0.5) is 5.69 Å². The van der Waals surface area contributed by atoms with Gasteiger partial charge in [-0.1, -0.05) is 19.1 Å². The van der Waals surface area contributed by atoms with E-state index in [0.717, 1.165) is 22.5 Å². The molecular formula is C14H19BrN2S. The van der Waals surface area contributed by atoms with Crippen LogP contribution in [-0.4, -0.2) is 17.6 Å². The average Bonchev–Trinajstić information content (AvgIpc) is 2.31. The highest BCUT2D eigenvalue weighted by molar-refractivity contribution is 9.10. The fraction of sp³-hybridized carbons (Fsp3) is 0.500. The molecule has 0 amide bonds. The van der Waals surface area contributed by atoms with Crippen molar-refractivity contribution in [2.45, 2.75) is 32.7 Å². The van der Waals surface area contributed by atoms with Crippen molar-refractivity contribution in [3.63, 3.8) is 0 Å². The number of halogens is 1. The molecule has 1 fully saturated rings. The van der Waals surface area contributed by atoms with E-state index in [1.165, 1.54) is 18.5 Å². The lowest BCUT2D eigenvalue weighted by molar-refractivity contribution is 0.390. The van der Waals surface area contributed by atoms with Crippen LogP contribution < -0.4 is 10.6 Å². The minimum atomic E-state index is 0.438. The molecule has 4 heteroatoms. The zero-order valence-corrected chi connectivity index (χ0v) is 13.2. The van der Waals surface area contributed by atoms with E-state index in [1.807, 2.05) is 6.07 Å². The molecule has 2 nitrogen and oxygen atoms in total. The van der Waals surface area contributed by atoms with Gasteiger partial charge in [-0.15, -0.1) is 0 Å². The van der Waals surface area contributed by atoms with Crippen molar-refractivity contribution in [3.05, 3.63) is 28.2 Å². The van der Waals surface area contributed by atoms with Crippen LogP contribution in [0.5, 0.6) is 0 Å². The molecule has 1 aromatic carbocycles. The van der Waals surface area contributed by atoms with Crippen LogP contribution in [0.15, 0.2) is 22.7 Å². The third kappa shape index (κ3) is 2.86. The number of benzene rings is 1. The molecule has 98 valence electrons. The Morgan fingerprint density at radius 1 is 1.39 bits per heavy atom. The van der Waals surface area contributed by atoms with Crippen molar-refractivity contribution in [2.24, 2.45) is 11.7 Å². The summed E-state index contributed by atoms with van der Waals surface area (Å²) in [5.74, 6) is 0.759. The Kier molecular flexibility index (Phi) is 4.28. The third-order valence-corrected chi connectivity index (χ3v) is 4.54. The zero-order chi connectivity index (χ0) is 13.3. The minimum Gasteiger partial charge on any atom is -0.389 e. The highest BCUT2D eigenvalue weighted by atomic mass is 79.9. The molecule has 2 rings (SSSR count). The van der Waals surface area contributed by atoms with Gasteiger partial charge in [0.2, 0.25) is 0 Å². The highest BCUT2D eigenvalue weighted by Crippen LogP contribution is 2.30. The van der Waals surface area contributed by atoms with E-state index in [1.54, 1.807) is 0 Å². The van der Waals surface area contributed by atoms with Gasteiger partial charge in [0.25, 0.3) is 0 Å². The summed E-state index contributed by atoms with van der Waals surface area (Å²) in [5.41, 5.74) is 7.84. The van der Waals surface area contributed by atoms with E-state index < -0.39 is 0 Å². The summed E-state index contributed by atoms with van der Waals surface area (Å²) in [6.07, 6.45) is 2.58. The highest BCUT2D eigenvalue weighted by Gasteiger charge is 2.23. The molecule has 1 aliphatic rings. The van der Waals surface area contributed by atoms with Crippen molar-refractivity contribution in [3.8, 4) is 0 Å². The molecule has 18 heavy (non-hydrogen) atoms. The summed E-state index contributed by atoms with van der Waals surface area (Å²) in [7, 11) is 0. The van der Waals surface area contributed by atoms with Gasteiger partial charge < -0.3 is 10.6 Å². The zero-order valence-electron chi connectivity index (χ0n) is 10.8. The van der Waals surface area contributed by atoms with Crippen LogP contribution in [0.25, 0.3) is 0 Å². The average molecular weight is 327 g/mol. The van der Waals surface area contributed by atoms with E-state index in [2.05, 4.69) is 46.8 Å². The molecule has 1 saturated heterocycles. The Balaban J connectivity index is 2.28. The first-order valence-corrected chi connectivity index (χ1v) is 7.55. The lowest BCUT2D eigenvalue weighted by atomic mass is 9.94. The van der Waals surface area contributed by atoms with E-state index in [4.69, 9.17) is 18.0 Å². The third-order valence-electron chi connectivity index (χ3n) is 3.67. The Morgan fingerprint density at radius 3 is 2.72 bits per heavy atom. The van der Waals surface area contributed by atoms with Crippen LogP contribution in [0.1, 0.15) is 32.3 Å². The first kappa shape index (κ1) is 13.8. The van der Waals surface area contributed by atoms with E-state index in [0.29, 0.717) is 11.0 Å². The Labute approximate surface area is 123 Å². The molecule has 0 bridgehead atoms. The van der Waals surface area contributed by atoms with Crippen molar-refractivity contribution >= 4 is 38.8 Å². The van der Waals surface area contributed by atoms with Gasteiger partial charge in [-0.05, 0) is 59.8 Å². The molecule has 1 aliphatic heterocycles. The SMILES string of the molecule is CC1CCC(C)N(c2ccc(C(N)=S)c(Br)c2)C1. The summed E-state index contributed by atoms with van der Waals surface area (Å²) in [5, 5.41) is 0. The molecule has 1 aromatic rings. The lowest BCUT2D eigenvalue weighted by Crippen LogP contribution is -2.41. The van der Waals surface area contributed by atoms with E-state index in [-0.39, 0.29) is 0 Å². The molecular weight excluding hydrogens is 308 g/mol. The number of nitrogens with zero attached hydrogens (tertiary/aromatic N) is 1. The van der Waals surface area contributed by atoms with Crippen molar-refractivity contribution in [2.75, 3.05) is 11.4 Å². The van der Waals surface area contributed by atoms with Gasteiger partial charge in [-0.3, -0.25) is 0 Å². The molecule has 0 radical (unpaired) electrons. The van der Waals surface area contributed by atoms with E-state index >= 15 is 0 Å². The van der Waals surface area contributed by atoms with Crippen LogP contribution in [-0.2, 0) is 0 Å². The molecule has 2 atom stereocenters. The maximum atomic E-state index is 5.68. The second-order valence-electron chi connectivity index (χ2n) is 5.21. The predicted molar refractivity (Wildman–Crippen MR) is 85.2 cm³/mol. The Bertz CT molecular complexity index is 461. The second kappa shape index (κ2) is 5.57. The molecule has 2 unspecified atom stereocenters. The quantitative estimate of drug-likeness (QED) is 0.840. The maximum absolute atomic E-state index is 5.68. The standard InChI is InChI=1S/C14H19BrN2S/c1-9-3-4-10(2)17(8-9)11-5-6-12(14(16)18)13(15)7-11/h5-7,9-10H,3-4,8H2,1-2H3,(H2,16,18). The van der Waals surface area contributed by atoms with Crippen LogP contribution in [0, 0.1) is 5.92 Å². The summed E-state index contributed by atoms with van der Waals surface area (Å²) in [4.78, 5) is 2.91. The van der Waals surface area contributed by atoms with Crippen LogP contribution in [0.3, 0.4) is 0 Å². The van der Waals surface area contributed by atoms with Crippen molar-refractivity contribution < 1.29 is 0 Å². The number of hydrogen-bond acceptors (Lipinski definition) is 2. The molecule has 0 spiro atoms. The minimum absolute atomic E-state index is 0.438. The molecule has 0 aromatic heterocycles. The van der Waals surface area contributed by atoms with Gasteiger partial charge in [0, 0.05) is 28.3 Å². The fourth-order valence-corrected chi connectivity index (χ4v) is 3.42. The summed E-state index contributed by atoms with van der Waals surface area (Å²) in [6.45, 7) is 5.73. The molecule has 2 N–H and O–H groups in total. The summed E-state index contributed by atoms with van der Waals surface area (Å²) in [6, 6.07) is 6.86. The van der Waals surface area contributed by atoms with E-state index in [9.17, 15) is 0 Å². The van der Waals surface area contributed by atoms with Gasteiger partial charge in [0.15, 0.2) is 0 Å². The molecule has 0 saturated carbocycles. The normalized spacial score (nSPS) is 24.1. The van der Waals surface area contributed by atoms with Gasteiger partial charge in [-0.25, -0.2) is 0 Å². The van der Waals surface area contributed by atoms with Crippen molar-refractivity contribution in [1.82, 2.24) is 0 Å². The van der Waals surface area contributed by atoms with Crippen LogP contribution >= 0.6 is 28.1 Å². The summed E-state index contributed by atoms with van der Waals surface area (Å²) < 4.78 is 0.984. The number of rotatable bonds is 2. The van der Waals surface area contributed by atoms with Gasteiger partial charge >= 0.3 is 0 Å². The van der Waals surface area contributed by atoms with Crippen molar-refractivity contribution in [1.29, 1.82) is 0 Å². The lowest BCUT2D eigenvalue weighted by Gasteiger charge is -2.38. The smallest absolute Gasteiger partial charge is 0.105 e. The Morgan fingerprint density at radius 2 is 2.11 bits per heavy atom. The molecule has 1 heterocycles. The number of anilines is 1. The summed E-state index contributed by atoms with van der Waals surface area (Å²) >= 11 is 8.58. The second-order valence-corrected chi connectivity index (χ2v) is 6.51. The first-order chi connectivity index (χ1) is 8.49. The number of hydrogen-bond donors (Lipinski definition) is 1. The molecule has 0 aliphatic carbocycles. The monoisotopic (exact) mass is 326 g/mol. The predicted octanol–water partition coefficient (Wildman–Crippen LogP) is 3.71. The van der Waals surface area contributed by atoms with Gasteiger partial charge in [0.05, 0.1) is 0 Å². The van der Waals surface area contributed by atoms with Crippen LogP contribution in [0.2, 0.25) is 0 Å². The van der Waals surface area contributed by atoms with Gasteiger partial charge in [0.1, 0.15) is 4.99 Å². The Hall–Kier alpha value is -0.610. The largest absolute Gasteiger partial charge is 0.389 e. The van der Waals surface area contributed by atoms with Gasteiger partial charge in [-0.2, -0.15) is 0 Å². The fourth-order valence-electron chi connectivity index (χ4n) is 2.53. The number of thiocarbonyl (C=S) groups is 1. The first-order valence-electron chi connectivity index (χ1n) is 6.35.